The number of hydrogen-bond acceptors (Lipinski definition) is 6. The van der Waals surface area contributed by atoms with Crippen LogP contribution in [0.5, 0.6) is 5.75 Å². The van der Waals surface area contributed by atoms with E-state index in [0.29, 0.717) is 12.8 Å². The maximum atomic E-state index is 14.3. The number of aliphatic imine (C=N–C) groups is 2. The van der Waals surface area contributed by atoms with Crippen molar-refractivity contribution in [2.75, 3.05) is 4.90 Å². The third-order valence-electron chi connectivity index (χ3n) is 4.30. The van der Waals surface area contributed by atoms with E-state index in [1.165, 1.54) is 11.0 Å². The lowest BCUT2D eigenvalue weighted by Crippen LogP contribution is -2.58. The summed E-state index contributed by atoms with van der Waals surface area (Å²) in [6.45, 7) is 0. The van der Waals surface area contributed by atoms with E-state index in [1.807, 2.05) is 0 Å². The van der Waals surface area contributed by atoms with E-state index in [9.17, 15) is 17.6 Å². The molecule has 142 valence electrons. The zero-order valence-corrected chi connectivity index (χ0v) is 15.1. The van der Waals surface area contributed by atoms with Crippen LogP contribution in [0.1, 0.15) is 32.1 Å². The molecular weight excluding hydrogens is 422 g/mol. The number of benzene rings is 1. The van der Waals surface area contributed by atoms with E-state index in [4.69, 9.17) is 11.5 Å². The van der Waals surface area contributed by atoms with Gasteiger partial charge in [-0.1, -0.05) is 22.4 Å². The second-order valence-corrected chi connectivity index (χ2v) is 7.02. The van der Waals surface area contributed by atoms with Gasteiger partial charge < -0.3 is 16.2 Å². The Morgan fingerprint density at radius 2 is 1.81 bits per heavy atom. The van der Waals surface area contributed by atoms with Gasteiger partial charge in [0.15, 0.2) is 11.6 Å². The molecule has 1 aromatic rings. The zero-order valence-electron chi connectivity index (χ0n) is 13.5. The predicted octanol–water partition coefficient (Wildman–Crippen LogP) is 3.60. The van der Waals surface area contributed by atoms with Gasteiger partial charge in [-0.2, -0.15) is 4.99 Å². The molecule has 4 N–H and O–H groups in total. The average molecular weight is 438 g/mol. The van der Waals surface area contributed by atoms with E-state index in [2.05, 4.69) is 30.7 Å². The van der Waals surface area contributed by atoms with Crippen LogP contribution < -0.4 is 21.1 Å². The largest absolute Gasteiger partial charge is 0.573 e. The molecule has 0 unspecified atom stereocenters. The fraction of sp³-hybridized carbons (Fsp3) is 0.467. The first-order chi connectivity index (χ1) is 12.1. The molecule has 3 rings (SSSR count). The number of nitrogens with two attached hydrogens (primary N) is 2. The minimum absolute atomic E-state index is 0.0607. The van der Waals surface area contributed by atoms with Crippen molar-refractivity contribution < 1.29 is 22.3 Å². The molecular formula is C15H16BrF4N5O. The quantitative estimate of drug-likeness (QED) is 0.691. The number of hydrogen-bond donors (Lipinski definition) is 2. The number of nitrogens with zero attached hydrogens (tertiary/aromatic N) is 3. The summed E-state index contributed by atoms with van der Waals surface area (Å²) < 4.78 is 57.0. The first-order valence-electron chi connectivity index (χ1n) is 7.86. The summed E-state index contributed by atoms with van der Waals surface area (Å²) in [6, 6.07) is 2.17. The molecule has 0 bridgehead atoms. The van der Waals surface area contributed by atoms with Crippen LogP contribution in [0.25, 0.3) is 0 Å². The standard InChI is InChI=1S/C15H16BrF4N5O/c16-8-6-9(17)11(26-15(18,19)20)10(7-8)25-13(22)23-12(21)24-14(25)4-2-1-3-5-14/h6-7H,1-5H2,(H4,21,22,23,24). The Bertz CT molecular complexity index is 774. The van der Waals surface area contributed by atoms with Crippen LogP contribution in [0.3, 0.4) is 0 Å². The highest BCUT2D eigenvalue weighted by atomic mass is 79.9. The molecule has 1 spiro atoms. The SMILES string of the molecule is NC1=NC2(CCCCC2)N(c2cc(Br)cc(F)c2OC(F)(F)F)C(N)=N1. The second-order valence-electron chi connectivity index (χ2n) is 6.10. The highest BCUT2D eigenvalue weighted by Crippen LogP contribution is 2.45. The Hall–Kier alpha value is -2.04. The van der Waals surface area contributed by atoms with Gasteiger partial charge in [0.2, 0.25) is 11.9 Å². The second kappa shape index (κ2) is 6.60. The number of halogens is 5. The minimum Gasteiger partial charge on any atom is -0.400 e. The molecule has 1 aliphatic carbocycles. The Morgan fingerprint density at radius 3 is 2.42 bits per heavy atom. The number of ether oxygens (including phenoxy) is 1. The molecule has 0 amide bonds. The zero-order chi connectivity index (χ0) is 19.1. The van der Waals surface area contributed by atoms with Crippen LogP contribution in [0.2, 0.25) is 0 Å². The third-order valence-corrected chi connectivity index (χ3v) is 4.76. The molecule has 1 aromatic carbocycles. The Labute approximate surface area is 155 Å². The molecule has 1 aliphatic heterocycles. The van der Waals surface area contributed by atoms with Crippen LogP contribution in [0.4, 0.5) is 23.2 Å². The van der Waals surface area contributed by atoms with E-state index in [0.717, 1.165) is 25.3 Å². The molecule has 0 aromatic heterocycles. The van der Waals surface area contributed by atoms with Gasteiger partial charge in [0.1, 0.15) is 5.66 Å². The van der Waals surface area contributed by atoms with Crippen LogP contribution in [0.15, 0.2) is 26.6 Å². The summed E-state index contributed by atoms with van der Waals surface area (Å²) in [4.78, 5) is 9.51. The molecule has 0 saturated heterocycles. The van der Waals surface area contributed by atoms with Gasteiger partial charge in [-0.3, -0.25) is 4.90 Å². The normalized spacial score (nSPS) is 20.0. The van der Waals surface area contributed by atoms with E-state index in [1.54, 1.807) is 0 Å². The van der Waals surface area contributed by atoms with Gasteiger partial charge in [0.05, 0.1) is 5.69 Å². The van der Waals surface area contributed by atoms with Gasteiger partial charge in [-0.15, -0.1) is 13.2 Å². The van der Waals surface area contributed by atoms with Crippen LogP contribution in [0, 0.1) is 5.82 Å². The summed E-state index contributed by atoms with van der Waals surface area (Å²) in [7, 11) is 0. The molecule has 11 heteroatoms. The highest BCUT2D eigenvalue weighted by molar-refractivity contribution is 9.10. The lowest BCUT2D eigenvalue weighted by Gasteiger charge is -2.45. The van der Waals surface area contributed by atoms with Gasteiger partial charge in [-0.05, 0) is 37.8 Å². The van der Waals surface area contributed by atoms with Gasteiger partial charge >= 0.3 is 6.36 Å². The van der Waals surface area contributed by atoms with Gasteiger partial charge in [0, 0.05) is 4.47 Å². The van der Waals surface area contributed by atoms with Crippen molar-refractivity contribution in [1.82, 2.24) is 0 Å². The molecule has 0 radical (unpaired) electrons. The van der Waals surface area contributed by atoms with Crippen molar-refractivity contribution in [3.63, 3.8) is 0 Å². The topological polar surface area (TPSA) is 89.2 Å². The fourth-order valence-corrected chi connectivity index (χ4v) is 3.82. The maximum Gasteiger partial charge on any atom is 0.573 e. The first kappa shape index (κ1) is 18.7. The molecule has 2 aliphatic rings. The fourth-order valence-electron chi connectivity index (χ4n) is 3.40. The number of rotatable bonds is 2. The van der Waals surface area contributed by atoms with Crippen molar-refractivity contribution in [2.45, 2.75) is 44.1 Å². The lowest BCUT2D eigenvalue weighted by atomic mass is 9.87. The van der Waals surface area contributed by atoms with Crippen molar-refractivity contribution in [3.05, 3.63) is 22.4 Å². The van der Waals surface area contributed by atoms with Crippen molar-refractivity contribution >= 4 is 33.5 Å². The summed E-state index contributed by atoms with van der Waals surface area (Å²) in [5.74, 6) is -2.40. The summed E-state index contributed by atoms with van der Waals surface area (Å²) in [5, 5.41) is 0. The Morgan fingerprint density at radius 1 is 1.15 bits per heavy atom. The predicted molar refractivity (Wildman–Crippen MR) is 92.3 cm³/mol. The van der Waals surface area contributed by atoms with Crippen LogP contribution in [-0.4, -0.2) is 23.9 Å². The number of anilines is 1. The summed E-state index contributed by atoms with van der Waals surface area (Å²) >= 11 is 3.09. The molecule has 1 saturated carbocycles. The first-order valence-corrected chi connectivity index (χ1v) is 8.65. The smallest absolute Gasteiger partial charge is 0.400 e. The third kappa shape index (κ3) is 3.57. The van der Waals surface area contributed by atoms with E-state index < -0.39 is 23.6 Å². The van der Waals surface area contributed by atoms with Crippen LogP contribution in [-0.2, 0) is 0 Å². The maximum absolute atomic E-state index is 14.3. The Kier molecular flexibility index (Phi) is 4.76. The van der Waals surface area contributed by atoms with Crippen molar-refractivity contribution in [3.8, 4) is 5.75 Å². The lowest BCUT2D eigenvalue weighted by molar-refractivity contribution is -0.275. The number of guanidine groups is 2. The van der Waals surface area contributed by atoms with E-state index in [-0.39, 0.29) is 22.1 Å². The molecule has 6 nitrogen and oxygen atoms in total. The van der Waals surface area contributed by atoms with Gasteiger partial charge in [0.25, 0.3) is 0 Å². The van der Waals surface area contributed by atoms with Crippen molar-refractivity contribution in [1.29, 1.82) is 0 Å². The molecule has 1 fully saturated rings. The molecule has 26 heavy (non-hydrogen) atoms. The minimum atomic E-state index is -5.08. The van der Waals surface area contributed by atoms with Crippen LogP contribution >= 0.6 is 15.9 Å². The summed E-state index contributed by atoms with van der Waals surface area (Å²) in [6.07, 6.45) is -1.61. The van der Waals surface area contributed by atoms with Gasteiger partial charge in [-0.25, -0.2) is 9.38 Å². The number of alkyl halides is 3. The molecule has 1 heterocycles. The van der Waals surface area contributed by atoms with Crippen molar-refractivity contribution in [2.24, 2.45) is 21.5 Å². The highest BCUT2D eigenvalue weighted by Gasteiger charge is 2.45. The van der Waals surface area contributed by atoms with E-state index >= 15 is 0 Å². The monoisotopic (exact) mass is 437 g/mol. The Balaban J connectivity index is 2.18. The summed E-state index contributed by atoms with van der Waals surface area (Å²) in [5.41, 5.74) is 10.5. The average Bonchev–Trinajstić information content (AvgIpc) is 2.49. The molecule has 0 atom stereocenters.